The molecular formula is C20H10Cl3IN2O2. The zero-order chi connectivity index (χ0) is 19.8. The molecule has 0 unspecified atom stereocenters. The third-order valence-electron chi connectivity index (χ3n) is 3.98. The maximum absolute atomic E-state index is 12.6. The van der Waals surface area contributed by atoms with Crippen LogP contribution >= 0.6 is 57.4 Å². The molecule has 0 fully saturated rings. The number of aromatic nitrogens is 1. The molecule has 4 rings (SSSR count). The minimum absolute atomic E-state index is 0.301. The molecule has 140 valence electrons. The van der Waals surface area contributed by atoms with Crippen LogP contribution in [0.3, 0.4) is 0 Å². The lowest BCUT2D eigenvalue weighted by atomic mass is 10.2. The number of fused-ring (bicyclic) bond motifs is 1. The van der Waals surface area contributed by atoms with Gasteiger partial charge in [0.2, 0.25) is 5.89 Å². The number of hydrogen-bond donors (Lipinski definition) is 1. The standard InChI is InChI=1S/C20H10Cl3IN2O2/c21-10-1-4-16(23)14(7-10)20-26-17-9-12(3-6-18(17)28-20)25-19(27)13-8-11(24)2-5-15(13)22/h1-9H,(H,25,27). The average molecular weight is 544 g/mol. The monoisotopic (exact) mass is 542 g/mol. The van der Waals surface area contributed by atoms with Gasteiger partial charge in [0.25, 0.3) is 5.91 Å². The van der Waals surface area contributed by atoms with Crippen molar-refractivity contribution in [1.82, 2.24) is 4.98 Å². The summed E-state index contributed by atoms with van der Waals surface area (Å²) < 4.78 is 6.70. The van der Waals surface area contributed by atoms with Crippen LogP contribution in [0.15, 0.2) is 59.0 Å². The van der Waals surface area contributed by atoms with Crippen molar-refractivity contribution in [2.75, 3.05) is 5.32 Å². The topological polar surface area (TPSA) is 55.1 Å². The molecular weight excluding hydrogens is 533 g/mol. The molecule has 4 nitrogen and oxygen atoms in total. The van der Waals surface area contributed by atoms with Crippen molar-refractivity contribution in [3.05, 3.63) is 78.8 Å². The van der Waals surface area contributed by atoms with Crippen molar-refractivity contribution in [2.24, 2.45) is 0 Å². The highest BCUT2D eigenvalue weighted by Crippen LogP contribution is 2.33. The maximum atomic E-state index is 12.6. The van der Waals surface area contributed by atoms with E-state index in [1.165, 1.54) is 0 Å². The van der Waals surface area contributed by atoms with Gasteiger partial charge in [-0.25, -0.2) is 4.98 Å². The van der Waals surface area contributed by atoms with Gasteiger partial charge in [0.15, 0.2) is 5.58 Å². The third-order valence-corrected chi connectivity index (χ3v) is 5.54. The molecule has 28 heavy (non-hydrogen) atoms. The Labute approximate surface area is 188 Å². The molecule has 1 N–H and O–H groups in total. The number of nitrogens with one attached hydrogen (secondary N) is 1. The van der Waals surface area contributed by atoms with E-state index < -0.39 is 0 Å². The minimum Gasteiger partial charge on any atom is -0.436 e. The van der Waals surface area contributed by atoms with Gasteiger partial charge in [-0.3, -0.25) is 4.79 Å². The summed E-state index contributed by atoms with van der Waals surface area (Å²) >= 11 is 20.5. The molecule has 3 aromatic carbocycles. The Bertz CT molecular complexity index is 1220. The van der Waals surface area contributed by atoms with Crippen LogP contribution in [0.4, 0.5) is 5.69 Å². The molecule has 0 spiro atoms. The number of benzene rings is 3. The zero-order valence-corrected chi connectivity index (χ0v) is 18.4. The van der Waals surface area contributed by atoms with Gasteiger partial charge in [-0.2, -0.15) is 0 Å². The van der Waals surface area contributed by atoms with Crippen LogP contribution in [0.5, 0.6) is 0 Å². The Morgan fingerprint density at radius 3 is 2.57 bits per heavy atom. The van der Waals surface area contributed by atoms with Crippen molar-refractivity contribution in [1.29, 1.82) is 0 Å². The number of carbonyl (C=O) groups excluding carboxylic acids is 1. The van der Waals surface area contributed by atoms with Crippen LogP contribution in [0.2, 0.25) is 15.1 Å². The smallest absolute Gasteiger partial charge is 0.257 e. The molecule has 4 aromatic rings. The molecule has 0 aliphatic heterocycles. The predicted octanol–water partition coefficient (Wildman–Crippen LogP) is 7.31. The van der Waals surface area contributed by atoms with E-state index in [0.29, 0.717) is 48.9 Å². The molecule has 1 aromatic heterocycles. The Kier molecular flexibility index (Phi) is 5.51. The summed E-state index contributed by atoms with van der Waals surface area (Å²) in [6.07, 6.45) is 0. The fraction of sp³-hybridized carbons (Fsp3) is 0. The summed E-state index contributed by atoms with van der Waals surface area (Å²) in [5.41, 5.74) is 2.72. The molecule has 0 bridgehead atoms. The first kappa shape index (κ1) is 19.5. The van der Waals surface area contributed by atoms with E-state index in [0.717, 1.165) is 3.57 Å². The molecule has 0 aliphatic carbocycles. The van der Waals surface area contributed by atoms with E-state index in [4.69, 9.17) is 39.2 Å². The summed E-state index contributed by atoms with van der Waals surface area (Å²) in [4.78, 5) is 17.0. The van der Waals surface area contributed by atoms with Gasteiger partial charge >= 0.3 is 0 Å². The molecule has 1 amide bonds. The summed E-state index contributed by atoms with van der Waals surface area (Å²) in [7, 11) is 0. The van der Waals surface area contributed by atoms with E-state index >= 15 is 0 Å². The van der Waals surface area contributed by atoms with Crippen molar-refractivity contribution >= 4 is 80.1 Å². The maximum Gasteiger partial charge on any atom is 0.257 e. The lowest BCUT2D eigenvalue weighted by Crippen LogP contribution is -2.12. The van der Waals surface area contributed by atoms with E-state index in [1.807, 2.05) is 6.07 Å². The number of amides is 1. The Hall–Kier alpha value is -1.80. The molecule has 0 atom stereocenters. The molecule has 0 radical (unpaired) electrons. The highest BCUT2D eigenvalue weighted by atomic mass is 127. The van der Waals surface area contributed by atoms with E-state index in [9.17, 15) is 4.79 Å². The van der Waals surface area contributed by atoms with Crippen molar-refractivity contribution in [3.8, 4) is 11.5 Å². The molecule has 0 saturated heterocycles. The largest absolute Gasteiger partial charge is 0.436 e. The van der Waals surface area contributed by atoms with Crippen LogP contribution in [0.25, 0.3) is 22.6 Å². The molecule has 8 heteroatoms. The van der Waals surface area contributed by atoms with Crippen molar-refractivity contribution in [2.45, 2.75) is 0 Å². The SMILES string of the molecule is O=C(Nc1ccc2oc(-c3cc(Cl)ccc3Cl)nc2c1)c1cc(I)ccc1Cl. The lowest BCUT2D eigenvalue weighted by Gasteiger charge is -2.07. The van der Waals surface area contributed by atoms with E-state index in [-0.39, 0.29) is 5.91 Å². The van der Waals surface area contributed by atoms with Gasteiger partial charge in [0, 0.05) is 14.3 Å². The van der Waals surface area contributed by atoms with Crippen LogP contribution in [-0.2, 0) is 0 Å². The lowest BCUT2D eigenvalue weighted by molar-refractivity contribution is 0.102. The normalized spacial score (nSPS) is 11.0. The predicted molar refractivity (Wildman–Crippen MR) is 122 cm³/mol. The van der Waals surface area contributed by atoms with Crippen molar-refractivity contribution in [3.63, 3.8) is 0 Å². The zero-order valence-electron chi connectivity index (χ0n) is 14.0. The second-order valence-corrected chi connectivity index (χ2v) is 8.40. The van der Waals surface area contributed by atoms with Gasteiger partial charge in [0.1, 0.15) is 5.52 Å². The van der Waals surface area contributed by atoms with Crippen molar-refractivity contribution < 1.29 is 9.21 Å². The summed E-state index contributed by atoms with van der Waals surface area (Å²) in [5.74, 6) is 0.0519. The number of carbonyl (C=O) groups is 1. The minimum atomic E-state index is -0.301. The van der Waals surface area contributed by atoms with Crippen LogP contribution in [-0.4, -0.2) is 10.9 Å². The first-order chi connectivity index (χ1) is 13.4. The van der Waals surface area contributed by atoms with Gasteiger partial charge in [0.05, 0.1) is 21.2 Å². The molecule has 0 saturated carbocycles. The average Bonchev–Trinajstić information content (AvgIpc) is 3.08. The number of rotatable bonds is 3. The third kappa shape index (κ3) is 3.98. The molecule has 1 heterocycles. The number of hydrogen-bond acceptors (Lipinski definition) is 3. The van der Waals surface area contributed by atoms with E-state index in [2.05, 4.69) is 32.9 Å². The van der Waals surface area contributed by atoms with Gasteiger partial charge in [-0.15, -0.1) is 0 Å². The van der Waals surface area contributed by atoms with Gasteiger partial charge < -0.3 is 9.73 Å². The first-order valence-corrected chi connectivity index (χ1v) is 10.2. The summed E-state index contributed by atoms with van der Waals surface area (Å²) in [6.45, 7) is 0. The van der Waals surface area contributed by atoms with Gasteiger partial charge in [-0.1, -0.05) is 34.8 Å². The second-order valence-electron chi connectivity index (χ2n) is 5.90. The number of halogens is 4. The quantitative estimate of drug-likeness (QED) is 0.276. The van der Waals surface area contributed by atoms with Crippen LogP contribution < -0.4 is 5.32 Å². The number of oxazole rings is 1. The summed E-state index contributed by atoms with van der Waals surface area (Å²) in [6, 6.07) is 15.5. The molecule has 0 aliphatic rings. The van der Waals surface area contributed by atoms with Gasteiger partial charge in [-0.05, 0) is 77.2 Å². The Morgan fingerprint density at radius 2 is 1.75 bits per heavy atom. The number of nitrogens with zero attached hydrogens (tertiary/aromatic N) is 1. The first-order valence-electron chi connectivity index (χ1n) is 8.03. The Balaban J connectivity index is 1.66. The summed E-state index contributed by atoms with van der Waals surface area (Å²) in [5, 5.41) is 4.24. The highest BCUT2D eigenvalue weighted by molar-refractivity contribution is 14.1. The highest BCUT2D eigenvalue weighted by Gasteiger charge is 2.15. The van der Waals surface area contributed by atoms with Crippen LogP contribution in [0, 0.1) is 3.57 Å². The van der Waals surface area contributed by atoms with Crippen LogP contribution in [0.1, 0.15) is 10.4 Å². The van der Waals surface area contributed by atoms with E-state index in [1.54, 1.807) is 48.5 Å². The fourth-order valence-corrected chi connectivity index (χ4v) is 3.72. The number of anilines is 1. The second kappa shape index (κ2) is 7.91. The fourth-order valence-electron chi connectivity index (χ4n) is 2.65. The Morgan fingerprint density at radius 1 is 0.964 bits per heavy atom.